The minimum atomic E-state index is 0.593. The minimum absolute atomic E-state index is 0.593. The van der Waals surface area contributed by atoms with Crippen LogP contribution in [0.4, 0.5) is 0 Å². The van der Waals surface area contributed by atoms with E-state index in [1.54, 1.807) is 0 Å². The zero-order chi connectivity index (χ0) is 32.6. The van der Waals surface area contributed by atoms with Crippen LogP contribution in [0.3, 0.4) is 0 Å². The Kier molecular flexibility index (Phi) is 7.10. The van der Waals surface area contributed by atoms with Crippen LogP contribution in [-0.4, -0.2) is 15.0 Å². The van der Waals surface area contributed by atoms with Crippen LogP contribution in [0.5, 0.6) is 0 Å². The molecule has 49 heavy (non-hydrogen) atoms. The molecule has 0 fully saturated rings. The predicted octanol–water partition coefficient (Wildman–Crippen LogP) is 11.8. The van der Waals surface area contributed by atoms with Gasteiger partial charge < -0.3 is 4.42 Å². The molecule has 4 nitrogen and oxygen atoms in total. The lowest BCUT2D eigenvalue weighted by Crippen LogP contribution is -2.00. The number of hydrogen-bond donors (Lipinski definition) is 0. The van der Waals surface area contributed by atoms with E-state index >= 15 is 0 Å². The normalized spacial score (nSPS) is 11.3. The fraction of sp³-hybridized carbons (Fsp3) is 0. The Hall–Kier alpha value is -6.65. The average Bonchev–Trinajstić information content (AvgIpc) is 3.57. The standard InChI is InChI=1S/C45H29N3O/c1-4-11-30(12-5-1)31-19-21-32(22-20-31)33-23-25-36(26-24-33)44-46-43(35-15-8-3-9-16-35)47-45(48-44)37-27-28-39-40-18-10-17-38(34-13-6-2-7-14-34)42(40)49-41(39)29-37/h1-29H. The lowest BCUT2D eigenvalue weighted by atomic mass is 9.99. The molecule has 9 aromatic rings. The molecule has 2 heterocycles. The van der Waals surface area contributed by atoms with Gasteiger partial charge in [-0.2, -0.15) is 0 Å². The van der Waals surface area contributed by atoms with Crippen LogP contribution in [-0.2, 0) is 0 Å². The molecule has 7 aromatic carbocycles. The van der Waals surface area contributed by atoms with E-state index < -0.39 is 0 Å². The molecule has 0 saturated carbocycles. The van der Waals surface area contributed by atoms with Gasteiger partial charge >= 0.3 is 0 Å². The van der Waals surface area contributed by atoms with E-state index in [1.165, 1.54) is 11.1 Å². The molecule has 0 saturated heterocycles. The van der Waals surface area contributed by atoms with Crippen molar-refractivity contribution in [1.82, 2.24) is 15.0 Å². The number of hydrogen-bond acceptors (Lipinski definition) is 4. The van der Waals surface area contributed by atoms with E-state index in [1.807, 2.05) is 48.5 Å². The summed E-state index contributed by atoms with van der Waals surface area (Å²) >= 11 is 0. The summed E-state index contributed by atoms with van der Waals surface area (Å²) < 4.78 is 6.55. The smallest absolute Gasteiger partial charge is 0.164 e. The van der Waals surface area contributed by atoms with Crippen molar-refractivity contribution in [1.29, 1.82) is 0 Å². The van der Waals surface area contributed by atoms with Gasteiger partial charge in [0, 0.05) is 33.0 Å². The quantitative estimate of drug-likeness (QED) is 0.184. The van der Waals surface area contributed by atoms with Gasteiger partial charge in [-0.25, -0.2) is 15.0 Å². The second kappa shape index (κ2) is 12.2. The molecule has 0 aliphatic rings. The molecule has 0 unspecified atom stereocenters. The van der Waals surface area contributed by atoms with Gasteiger partial charge in [-0.05, 0) is 39.9 Å². The third-order valence-electron chi connectivity index (χ3n) is 8.98. The van der Waals surface area contributed by atoms with Gasteiger partial charge in [0.25, 0.3) is 0 Å². The first-order valence-corrected chi connectivity index (χ1v) is 16.4. The average molecular weight is 628 g/mol. The summed E-state index contributed by atoms with van der Waals surface area (Å²) in [5.74, 6) is 1.83. The molecule has 0 amide bonds. The van der Waals surface area contributed by atoms with Crippen molar-refractivity contribution in [2.75, 3.05) is 0 Å². The first-order valence-electron chi connectivity index (χ1n) is 16.4. The van der Waals surface area contributed by atoms with Crippen LogP contribution in [0.1, 0.15) is 0 Å². The molecule has 0 N–H and O–H groups in total. The zero-order valence-corrected chi connectivity index (χ0v) is 26.5. The van der Waals surface area contributed by atoms with Crippen LogP contribution < -0.4 is 0 Å². The molecule has 0 bridgehead atoms. The van der Waals surface area contributed by atoms with Crippen LogP contribution in [0.25, 0.3) is 89.5 Å². The highest BCUT2D eigenvalue weighted by atomic mass is 16.3. The maximum absolute atomic E-state index is 6.55. The van der Waals surface area contributed by atoms with Gasteiger partial charge in [0.1, 0.15) is 11.2 Å². The van der Waals surface area contributed by atoms with E-state index in [0.717, 1.165) is 60.9 Å². The number of fused-ring (bicyclic) bond motifs is 3. The number of rotatable bonds is 6. The van der Waals surface area contributed by atoms with Crippen LogP contribution >= 0.6 is 0 Å². The monoisotopic (exact) mass is 627 g/mol. The maximum atomic E-state index is 6.55. The van der Waals surface area contributed by atoms with E-state index in [9.17, 15) is 0 Å². The first kappa shape index (κ1) is 28.6. The third kappa shape index (κ3) is 5.45. The Morgan fingerprint density at radius 2 is 0.735 bits per heavy atom. The fourth-order valence-corrected chi connectivity index (χ4v) is 6.43. The molecular weight excluding hydrogens is 599 g/mol. The molecule has 0 radical (unpaired) electrons. The summed E-state index contributed by atoms with van der Waals surface area (Å²) in [6.45, 7) is 0. The van der Waals surface area contributed by atoms with Gasteiger partial charge in [-0.3, -0.25) is 0 Å². The minimum Gasteiger partial charge on any atom is -0.455 e. The van der Waals surface area contributed by atoms with Crippen molar-refractivity contribution >= 4 is 21.9 Å². The Balaban J connectivity index is 1.10. The molecule has 0 aliphatic carbocycles. The van der Waals surface area contributed by atoms with Gasteiger partial charge in [-0.15, -0.1) is 0 Å². The Labute approximate surface area is 284 Å². The number of nitrogens with zero attached hydrogens (tertiary/aromatic N) is 3. The number of para-hydroxylation sites is 1. The number of furan rings is 1. The van der Waals surface area contributed by atoms with Crippen molar-refractivity contribution in [2.24, 2.45) is 0 Å². The summed E-state index contributed by atoms with van der Waals surface area (Å²) in [6.07, 6.45) is 0. The third-order valence-corrected chi connectivity index (χ3v) is 8.98. The Morgan fingerprint density at radius 1 is 0.306 bits per heavy atom. The first-order chi connectivity index (χ1) is 24.3. The Morgan fingerprint density at radius 3 is 1.31 bits per heavy atom. The van der Waals surface area contributed by atoms with Gasteiger partial charge in [-0.1, -0.05) is 164 Å². The topological polar surface area (TPSA) is 51.8 Å². The lowest BCUT2D eigenvalue weighted by molar-refractivity contribution is 0.670. The van der Waals surface area contributed by atoms with E-state index in [0.29, 0.717) is 17.5 Å². The summed E-state index contributed by atoms with van der Waals surface area (Å²) in [5, 5.41) is 2.14. The highest BCUT2D eigenvalue weighted by molar-refractivity contribution is 6.10. The molecule has 230 valence electrons. The molecule has 0 aliphatic heterocycles. The molecule has 4 heteroatoms. The van der Waals surface area contributed by atoms with Gasteiger partial charge in [0.15, 0.2) is 17.5 Å². The number of benzene rings is 7. The van der Waals surface area contributed by atoms with Gasteiger partial charge in [0.2, 0.25) is 0 Å². The van der Waals surface area contributed by atoms with Crippen molar-refractivity contribution in [3.05, 3.63) is 176 Å². The van der Waals surface area contributed by atoms with Crippen molar-refractivity contribution in [3.8, 4) is 67.5 Å². The van der Waals surface area contributed by atoms with E-state index in [2.05, 4.69) is 127 Å². The van der Waals surface area contributed by atoms with Gasteiger partial charge in [0.05, 0.1) is 0 Å². The van der Waals surface area contributed by atoms with E-state index in [4.69, 9.17) is 19.4 Å². The summed E-state index contributed by atoms with van der Waals surface area (Å²) in [6, 6.07) is 60.5. The van der Waals surface area contributed by atoms with Crippen molar-refractivity contribution < 1.29 is 4.42 Å². The summed E-state index contributed by atoms with van der Waals surface area (Å²) in [4.78, 5) is 14.9. The summed E-state index contributed by atoms with van der Waals surface area (Å²) in [5.41, 5.74) is 11.3. The molecule has 0 atom stereocenters. The van der Waals surface area contributed by atoms with Crippen molar-refractivity contribution in [3.63, 3.8) is 0 Å². The summed E-state index contributed by atoms with van der Waals surface area (Å²) in [7, 11) is 0. The lowest BCUT2D eigenvalue weighted by Gasteiger charge is -2.09. The highest BCUT2D eigenvalue weighted by Gasteiger charge is 2.16. The number of aromatic nitrogens is 3. The van der Waals surface area contributed by atoms with E-state index in [-0.39, 0.29) is 0 Å². The largest absolute Gasteiger partial charge is 0.455 e. The van der Waals surface area contributed by atoms with Crippen molar-refractivity contribution in [2.45, 2.75) is 0 Å². The highest BCUT2D eigenvalue weighted by Crippen LogP contribution is 2.37. The molecule has 0 spiro atoms. The van der Waals surface area contributed by atoms with Crippen LogP contribution in [0.2, 0.25) is 0 Å². The Bertz CT molecular complexity index is 2560. The molecular formula is C45H29N3O. The zero-order valence-electron chi connectivity index (χ0n) is 26.5. The fourth-order valence-electron chi connectivity index (χ4n) is 6.43. The predicted molar refractivity (Wildman–Crippen MR) is 200 cm³/mol. The molecule has 9 rings (SSSR count). The SMILES string of the molecule is c1ccc(-c2ccc(-c3ccc(-c4nc(-c5ccccc5)nc(-c5ccc6c(c5)oc5c(-c7ccccc7)cccc56)n4)cc3)cc2)cc1. The second-order valence-electron chi connectivity index (χ2n) is 12.1. The van der Waals surface area contributed by atoms with Crippen LogP contribution in [0, 0.1) is 0 Å². The maximum Gasteiger partial charge on any atom is 0.164 e. The van der Waals surface area contributed by atoms with Crippen LogP contribution in [0.15, 0.2) is 180 Å². The molecule has 2 aromatic heterocycles. The second-order valence-corrected chi connectivity index (χ2v) is 12.1.